The van der Waals surface area contributed by atoms with Gasteiger partial charge in [0, 0.05) is 17.9 Å². The zero-order valence-corrected chi connectivity index (χ0v) is 8.51. The van der Waals surface area contributed by atoms with Gasteiger partial charge in [-0.2, -0.15) is 0 Å². The maximum atomic E-state index is 11.2. The second-order valence-corrected chi connectivity index (χ2v) is 4.37. The lowest BCUT2D eigenvalue weighted by atomic mass is 10.1. The van der Waals surface area contributed by atoms with Gasteiger partial charge in [-0.3, -0.25) is 4.79 Å². The number of carbonyl (C=O) groups is 1. The molecule has 3 N–H and O–H groups in total. The molecule has 14 heavy (non-hydrogen) atoms. The number of nitrogens with one attached hydrogen (secondary N) is 1. The topological polar surface area (TPSA) is 55.1 Å². The Morgan fingerprint density at radius 3 is 2.93 bits per heavy atom. The van der Waals surface area contributed by atoms with Gasteiger partial charge in [0.05, 0.1) is 5.37 Å². The zero-order valence-electron chi connectivity index (χ0n) is 7.69. The van der Waals surface area contributed by atoms with Crippen LogP contribution in [-0.2, 0) is 0 Å². The van der Waals surface area contributed by atoms with Crippen LogP contribution in [0, 0.1) is 0 Å². The molecule has 1 aromatic carbocycles. The van der Waals surface area contributed by atoms with Gasteiger partial charge in [0.25, 0.3) is 0 Å². The number of hydrogen-bond acceptors (Lipinski definition) is 3. The zero-order chi connectivity index (χ0) is 9.97. The lowest BCUT2D eigenvalue weighted by Crippen LogP contribution is -2.19. The Labute approximate surface area is 87.1 Å². The van der Waals surface area contributed by atoms with E-state index in [9.17, 15) is 4.79 Å². The van der Waals surface area contributed by atoms with E-state index in [0.717, 1.165) is 17.9 Å². The van der Waals surface area contributed by atoms with E-state index in [1.165, 1.54) is 0 Å². The third-order valence-electron chi connectivity index (χ3n) is 2.23. The largest absolute Gasteiger partial charge is 0.366 e. The molecule has 1 saturated heterocycles. The number of primary amides is 1. The number of thioether (sulfide) groups is 1. The van der Waals surface area contributed by atoms with Crippen molar-refractivity contribution in [3.63, 3.8) is 0 Å². The van der Waals surface area contributed by atoms with Gasteiger partial charge in [-0.25, -0.2) is 0 Å². The van der Waals surface area contributed by atoms with Gasteiger partial charge in [0.2, 0.25) is 5.91 Å². The summed E-state index contributed by atoms with van der Waals surface area (Å²) in [4.78, 5) is 11.2. The maximum Gasteiger partial charge on any atom is 0.249 e. The summed E-state index contributed by atoms with van der Waals surface area (Å²) in [5, 5.41) is 3.54. The quantitative estimate of drug-likeness (QED) is 0.765. The Kier molecular flexibility index (Phi) is 2.74. The summed E-state index contributed by atoms with van der Waals surface area (Å²) in [6.07, 6.45) is 0. The van der Waals surface area contributed by atoms with Crippen molar-refractivity contribution in [2.45, 2.75) is 5.37 Å². The molecule has 1 atom stereocenters. The number of nitrogens with two attached hydrogens (primary N) is 1. The molecule has 0 spiro atoms. The van der Waals surface area contributed by atoms with Crippen LogP contribution < -0.4 is 11.1 Å². The van der Waals surface area contributed by atoms with Crippen molar-refractivity contribution < 1.29 is 4.79 Å². The summed E-state index contributed by atoms with van der Waals surface area (Å²) in [6.45, 7) is 0.989. The van der Waals surface area contributed by atoms with Crippen molar-refractivity contribution in [3.05, 3.63) is 35.4 Å². The fraction of sp³-hybridized carbons (Fsp3) is 0.300. The van der Waals surface area contributed by atoms with Crippen LogP contribution in [-0.4, -0.2) is 18.2 Å². The van der Waals surface area contributed by atoms with Crippen molar-refractivity contribution in [1.82, 2.24) is 5.32 Å². The van der Waals surface area contributed by atoms with Crippen LogP contribution in [0.3, 0.4) is 0 Å². The summed E-state index contributed by atoms with van der Waals surface area (Å²) in [5.74, 6) is 0.729. The van der Waals surface area contributed by atoms with Crippen LogP contribution in [0.4, 0.5) is 0 Å². The summed E-state index contributed by atoms with van der Waals surface area (Å²) >= 11 is 1.81. The highest BCUT2D eigenvalue weighted by Gasteiger charge is 2.20. The fourth-order valence-corrected chi connectivity index (χ4v) is 2.67. The predicted molar refractivity (Wildman–Crippen MR) is 58.2 cm³/mol. The first-order chi connectivity index (χ1) is 6.79. The standard InChI is InChI=1S/C10H12N2OS/c11-9(13)7-3-1-2-4-8(7)10-12-5-6-14-10/h1-4,10,12H,5-6H2,(H2,11,13). The highest BCUT2D eigenvalue weighted by Crippen LogP contribution is 2.31. The van der Waals surface area contributed by atoms with Crippen LogP contribution >= 0.6 is 11.8 Å². The molecule has 0 radical (unpaired) electrons. The smallest absolute Gasteiger partial charge is 0.249 e. The lowest BCUT2D eigenvalue weighted by molar-refractivity contribution is 0.0999. The van der Waals surface area contributed by atoms with E-state index >= 15 is 0 Å². The molecule has 0 bridgehead atoms. The van der Waals surface area contributed by atoms with Gasteiger partial charge in [0.15, 0.2) is 0 Å². The van der Waals surface area contributed by atoms with E-state index in [4.69, 9.17) is 5.73 Å². The van der Waals surface area contributed by atoms with Crippen molar-refractivity contribution in [2.24, 2.45) is 5.73 Å². The molecular weight excluding hydrogens is 196 g/mol. The lowest BCUT2D eigenvalue weighted by Gasteiger charge is -2.12. The third-order valence-corrected chi connectivity index (χ3v) is 3.42. The molecule has 74 valence electrons. The predicted octanol–water partition coefficient (Wildman–Crippen LogP) is 1.12. The SMILES string of the molecule is NC(=O)c1ccccc1C1NCCS1. The second kappa shape index (κ2) is 4.02. The van der Waals surface area contributed by atoms with E-state index in [2.05, 4.69) is 5.32 Å². The molecule has 1 unspecified atom stereocenters. The summed E-state index contributed by atoms with van der Waals surface area (Å²) in [6, 6.07) is 7.50. The van der Waals surface area contributed by atoms with Crippen molar-refractivity contribution in [1.29, 1.82) is 0 Å². The molecule has 0 aromatic heterocycles. The van der Waals surface area contributed by atoms with Gasteiger partial charge in [0.1, 0.15) is 0 Å². The minimum Gasteiger partial charge on any atom is -0.366 e. The van der Waals surface area contributed by atoms with Gasteiger partial charge in [-0.1, -0.05) is 18.2 Å². The average molecular weight is 208 g/mol. The molecule has 2 rings (SSSR count). The van der Waals surface area contributed by atoms with E-state index < -0.39 is 0 Å². The van der Waals surface area contributed by atoms with E-state index in [1.807, 2.05) is 30.0 Å². The molecule has 3 nitrogen and oxygen atoms in total. The van der Waals surface area contributed by atoms with Gasteiger partial charge >= 0.3 is 0 Å². The number of hydrogen-bond donors (Lipinski definition) is 2. The van der Waals surface area contributed by atoms with Crippen LogP contribution in [0.5, 0.6) is 0 Å². The molecule has 0 aliphatic carbocycles. The molecule has 1 fully saturated rings. The van der Waals surface area contributed by atoms with Crippen molar-refractivity contribution in [2.75, 3.05) is 12.3 Å². The molecule has 1 aliphatic rings. The minimum atomic E-state index is -0.352. The Morgan fingerprint density at radius 1 is 1.50 bits per heavy atom. The van der Waals surface area contributed by atoms with Crippen LogP contribution in [0.25, 0.3) is 0 Å². The Balaban J connectivity index is 2.35. The fourth-order valence-electron chi connectivity index (χ4n) is 1.58. The minimum absolute atomic E-state index is 0.221. The Bertz CT molecular complexity index is 348. The van der Waals surface area contributed by atoms with Crippen molar-refractivity contribution >= 4 is 17.7 Å². The number of carbonyl (C=O) groups excluding carboxylic acids is 1. The highest BCUT2D eigenvalue weighted by atomic mass is 32.2. The van der Waals surface area contributed by atoms with Crippen LogP contribution in [0.1, 0.15) is 21.3 Å². The molecule has 1 amide bonds. The molecule has 0 saturated carbocycles. The van der Waals surface area contributed by atoms with Gasteiger partial charge in [-0.15, -0.1) is 11.8 Å². The number of amides is 1. The first kappa shape index (κ1) is 9.55. The molecule has 4 heteroatoms. The first-order valence-corrected chi connectivity index (χ1v) is 5.57. The van der Waals surface area contributed by atoms with Crippen LogP contribution in [0.2, 0.25) is 0 Å². The average Bonchev–Trinajstić information content (AvgIpc) is 2.70. The van der Waals surface area contributed by atoms with Crippen molar-refractivity contribution in [3.8, 4) is 0 Å². The van der Waals surface area contributed by atoms with E-state index in [-0.39, 0.29) is 11.3 Å². The Hall–Kier alpha value is -1.00. The monoisotopic (exact) mass is 208 g/mol. The number of rotatable bonds is 2. The van der Waals surface area contributed by atoms with Crippen LogP contribution in [0.15, 0.2) is 24.3 Å². The highest BCUT2D eigenvalue weighted by molar-refractivity contribution is 7.99. The third kappa shape index (κ3) is 1.76. The Morgan fingerprint density at radius 2 is 2.29 bits per heavy atom. The molecule has 1 heterocycles. The second-order valence-electron chi connectivity index (χ2n) is 3.16. The van der Waals surface area contributed by atoms with E-state index in [1.54, 1.807) is 6.07 Å². The first-order valence-electron chi connectivity index (χ1n) is 4.53. The molecule has 1 aromatic rings. The summed E-state index contributed by atoms with van der Waals surface area (Å²) < 4.78 is 0. The van der Waals surface area contributed by atoms with E-state index in [0.29, 0.717) is 5.56 Å². The summed E-state index contributed by atoms with van der Waals surface area (Å²) in [7, 11) is 0. The molecular formula is C10H12N2OS. The maximum absolute atomic E-state index is 11.2. The van der Waals surface area contributed by atoms with Gasteiger partial charge in [-0.05, 0) is 11.6 Å². The number of benzene rings is 1. The summed E-state index contributed by atoms with van der Waals surface area (Å²) in [5.41, 5.74) is 6.93. The normalized spacial score (nSPS) is 21.0. The molecule has 1 aliphatic heterocycles. The van der Waals surface area contributed by atoms with Gasteiger partial charge < -0.3 is 11.1 Å².